The summed E-state index contributed by atoms with van der Waals surface area (Å²) in [6.07, 6.45) is 2.65. The Labute approximate surface area is 126 Å². The molecule has 1 aromatic rings. The van der Waals surface area contributed by atoms with E-state index in [1.54, 1.807) is 13.0 Å². The third kappa shape index (κ3) is 3.63. The van der Waals surface area contributed by atoms with Crippen molar-refractivity contribution in [2.24, 2.45) is 11.1 Å². The molecule has 0 heterocycles. The summed E-state index contributed by atoms with van der Waals surface area (Å²) in [7, 11) is -3.62. The summed E-state index contributed by atoms with van der Waals surface area (Å²) in [5, 5.41) is 0. The summed E-state index contributed by atoms with van der Waals surface area (Å²) in [6, 6.07) is 4.40. The normalized spacial score (nSPS) is 21.4. The van der Waals surface area contributed by atoms with Gasteiger partial charge in [-0.15, -0.1) is 0 Å². The molecule has 2 rings (SSSR count). The lowest BCUT2D eigenvalue weighted by Crippen LogP contribution is -2.33. The third-order valence-electron chi connectivity index (χ3n) is 4.08. The predicted molar refractivity (Wildman–Crippen MR) is 81.4 cm³/mol. The molecule has 1 saturated carbocycles. The van der Waals surface area contributed by atoms with Crippen LogP contribution in [0.4, 0.5) is 0 Å². The van der Waals surface area contributed by atoms with Gasteiger partial charge in [0.05, 0.1) is 4.90 Å². The lowest BCUT2D eigenvalue weighted by molar-refractivity contribution is 0.0999. The van der Waals surface area contributed by atoms with Crippen LogP contribution in [-0.2, 0) is 10.0 Å². The zero-order valence-corrected chi connectivity index (χ0v) is 13.5. The topological polar surface area (TPSA) is 89.3 Å². The molecule has 1 amide bonds. The first-order valence-corrected chi connectivity index (χ1v) is 8.52. The van der Waals surface area contributed by atoms with Crippen LogP contribution in [0.5, 0.6) is 0 Å². The van der Waals surface area contributed by atoms with E-state index < -0.39 is 15.9 Å². The lowest BCUT2D eigenvalue weighted by Gasteiger charge is -2.18. The standard InChI is InChI=1S/C15H22N2O3S/c1-10-4-5-12(8-13(10)14(16)18)21(19,20)17-11-6-7-15(2,3)9-11/h4-5,8,11,17H,6-7,9H2,1-3H3,(H2,16,18). The maximum Gasteiger partial charge on any atom is 0.249 e. The van der Waals surface area contributed by atoms with Crippen molar-refractivity contribution in [1.29, 1.82) is 0 Å². The Morgan fingerprint density at radius 1 is 1.38 bits per heavy atom. The molecule has 0 aromatic heterocycles. The predicted octanol–water partition coefficient (Wildman–Crippen LogP) is 1.95. The maximum atomic E-state index is 12.4. The molecule has 1 aromatic carbocycles. The second kappa shape index (κ2) is 5.42. The van der Waals surface area contributed by atoms with Crippen molar-refractivity contribution < 1.29 is 13.2 Å². The van der Waals surface area contributed by atoms with Crippen molar-refractivity contribution in [3.05, 3.63) is 29.3 Å². The number of hydrogen-bond acceptors (Lipinski definition) is 3. The number of aryl methyl sites for hydroxylation is 1. The SMILES string of the molecule is Cc1ccc(S(=O)(=O)NC2CCC(C)(C)C2)cc1C(N)=O. The van der Waals surface area contributed by atoms with Gasteiger partial charge in [0, 0.05) is 11.6 Å². The average Bonchev–Trinajstić information content (AvgIpc) is 2.67. The summed E-state index contributed by atoms with van der Waals surface area (Å²) in [5.74, 6) is -0.619. The van der Waals surface area contributed by atoms with Crippen LogP contribution in [0.15, 0.2) is 23.1 Å². The number of carbonyl (C=O) groups excluding carboxylic acids is 1. The molecule has 21 heavy (non-hydrogen) atoms. The fourth-order valence-corrected chi connectivity index (χ4v) is 4.15. The molecule has 6 heteroatoms. The van der Waals surface area contributed by atoms with Crippen molar-refractivity contribution in [3.63, 3.8) is 0 Å². The number of amides is 1. The second-order valence-electron chi connectivity index (χ2n) is 6.57. The van der Waals surface area contributed by atoms with E-state index in [-0.39, 0.29) is 21.9 Å². The fraction of sp³-hybridized carbons (Fsp3) is 0.533. The van der Waals surface area contributed by atoms with Gasteiger partial charge in [0.25, 0.3) is 0 Å². The highest BCUT2D eigenvalue weighted by Gasteiger charge is 2.33. The minimum Gasteiger partial charge on any atom is -0.366 e. The lowest BCUT2D eigenvalue weighted by atomic mass is 9.92. The number of rotatable bonds is 4. The summed E-state index contributed by atoms with van der Waals surface area (Å²) in [4.78, 5) is 11.4. The van der Waals surface area contributed by atoms with E-state index in [0.29, 0.717) is 5.56 Å². The molecule has 0 bridgehead atoms. The van der Waals surface area contributed by atoms with Crippen LogP contribution in [0.2, 0.25) is 0 Å². The van der Waals surface area contributed by atoms with Crippen LogP contribution in [-0.4, -0.2) is 20.4 Å². The Kier molecular flexibility index (Phi) is 4.13. The second-order valence-corrected chi connectivity index (χ2v) is 8.28. The van der Waals surface area contributed by atoms with Crippen molar-refractivity contribution in [2.75, 3.05) is 0 Å². The molecule has 1 aliphatic rings. The first-order valence-electron chi connectivity index (χ1n) is 7.03. The number of benzene rings is 1. The molecule has 1 aliphatic carbocycles. The average molecular weight is 310 g/mol. The van der Waals surface area contributed by atoms with Gasteiger partial charge in [0.1, 0.15) is 0 Å². The molecule has 0 saturated heterocycles. The Balaban J connectivity index is 2.24. The molecule has 0 radical (unpaired) electrons. The molecule has 0 spiro atoms. The van der Waals surface area contributed by atoms with E-state index in [0.717, 1.165) is 19.3 Å². The van der Waals surface area contributed by atoms with E-state index >= 15 is 0 Å². The van der Waals surface area contributed by atoms with Crippen LogP contribution in [0, 0.1) is 12.3 Å². The number of carbonyl (C=O) groups is 1. The Bertz CT molecular complexity index is 665. The smallest absolute Gasteiger partial charge is 0.249 e. The highest BCUT2D eigenvalue weighted by molar-refractivity contribution is 7.89. The molecular weight excluding hydrogens is 288 g/mol. The maximum absolute atomic E-state index is 12.4. The number of hydrogen-bond donors (Lipinski definition) is 2. The Morgan fingerprint density at radius 2 is 2.05 bits per heavy atom. The zero-order valence-electron chi connectivity index (χ0n) is 12.6. The minimum atomic E-state index is -3.62. The van der Waals surface area contributed by atoms with E-state index in [1.165, 1.54) is 12.1 Å². The summed E-state index contributed by atoms with van der Waals surface area (Å²) in [5.41, 5.74) is 6.35. The molecule has 0 aliphatic heterocycles. The van der Waals surface area contributed by atoms with E-state index in [2.05, 4.69) is 18.6 Å². The molecule has 116 valence electrons. The molecule has 3 N–H and O–H groups in total. The monoisotopic (exact) mass is 310 g/mol. The number of primary amides is 1. The van der Waals surface area contributed by atoms with Crippen molar-refractivity contribution in [1.82, 2.24) is 4.72 Å². The first kappa shape index (κ1) is 16.0. The van der Waals surface area contributed by atoms with Crippen molar-refractivity contribution >= 4 is 15.9 Å². The van der Waals surface area contributed by atoms with Gasteiger partial charge in [0.15, 0.2) is 0 Å². The van der Waals surface area contributed by atoms with Crippen LogP contribution in [0.25, 0.3) is 0 Å². The van der Waals surface area contributed by atoms with Gasteiger partial charge < -0.3 is 5.73 Å². The number of sulfonamides is 1. The molecular formula is C15H22N2O3S. The van der Waals surface area contributed by atoms with Gasteiger partial charge in [-0.25, -0.2) is 13.1 Å². The van der Waals surface area contributed by atoms with Crippen molar-refractivity contribution in [2.45, 2.75) is 51.0 Å². The Hall–Kier alpha value is -1.40. The fourth-order valence-electron chi connectivity index (χ4n) is 2.86. The summed E-state index contributed by atoms with van der Waals surface area (Å²) >= 11 is 0. The van der Waals surface area contributed by atoms with Gasteiger partial charge in [-0.1, -0.05) is 19.9 Å². The molecule has 1 unspecified atom stereocenters. The van der Waals surface area contributed by atoms with Gasteiger partial charge in [-0.2, -0.15) is 0 Å². The zero-order chi connectivity index (χ0) is 15.8. The van der Waals surface area contributed by atoms with Crippen LogP contribution < -0.4 is 10.5 Å². The number of nitrogens with one attached hydrogen (secondary N) is 1. The van der Waals surface area contributed by atoms with Crippen LogP contribution in [0.1, 0.15) is 49.0 Å². The first-order chi connectivity index (χ1) is 9.61. The highest BCUT2D eigenvalue weighted by atomic mass is 32.2. The molecule has 5 nitrogen and oxygen atoms in total. The van der Waals surface area contributed by atoms with Crippen LogP contribution in [0.3, 0.4) is 0 Å². The molecule has 1 atom stereocenters. The van der Waals surface area contributed by atoms with E-state index in [1.807, 2.05) is 0 Å². The Morgan fingerprint density at radius 3 is 2.57 bits per heavy atom. The van der Waals surface area contributed by atoms with Crippen LogP contribution >= 0.6 is 0 Å². The summed E-state index contributed by atoms with van der Waals surface area (Å²) < 4.78 is 27.6. The summed E-state index contributed by atoms with van der Waals surface area (Å²) in [6.45, 7) is 6.00. The highest BCUT2D eigenvalue weighted by Crippen LogP contribution is 2.37. The van der Waals surface area contributed by atoms with Gasteiger partial charge in [-0.3, -0.25) is 4.79 Å². The third-order valence-corrected chi connectivity index (χ3v) is 5.59. The van der Waals surface area contributed by atoms with Gasteiger partial charge in [-0.05, 0) is 49.3 Å². The van der Waals surface area contributed by atoms with E-state index in [4.69, 9.17) is 5.73 Å². The largest absolute Gasteiger partial charge is 0.366 e. The quantitative estimate of drug-likeness (QED) is 0.890. The van der Waals surface area contributed by atoms with Gasteiger partial charge in [0.2, 0.25) is 15.9 Å². The number of nitrogens with two attached hydrogens (primary N) is 1. The minimum absolute atomic E-state index is 0.0525. The van der Waals surface area contributed by atoms with Gasteiger partial charge >= 0.3 is 0 Å². The van der Waals surface area contributed by atoms with Crippen molar-refractivity contribution in [3.8, 4) is 0 Å². The van der Waals surface area contributed by atoms with E-state index in [9.17, 15) is 13.2 Å². The molecule has 1 fully saturated rings.